The lowest BCUT2D eigenvalue weighted by atomic mass is 10.2. The van der Waals surface area contributed by atoms with Gasteiger partial charge < -0.3 is 0 Å². The Hall–Kier alpha value is -0.180. The van der Waals surface area contributed by atoms with Gasteiger partial charge in [0.15, 0.2) is 0 Å². The SMILES string of the molecule is CN(C)C(S)c1ccc(Cl)cc1. The number of halogens is 1. The van der Waals surface area contributed by atoms with Crippen LogP contribution in [-0.2, 0) is 0 Å². The molecule has 1 nitrogen and oxygen atoms in total. The van der Waals surface area contributed by atoms with Crippen LogP contribution in [0.3, 0.4) is 0 Å². The molecule has 1 unspecified atom stereocenters. The minimum absolute atomic E-state index is 0.141. The highest BCUT2D eigenvalue weighted by Crippen LogP contribution is 2.22. The molecule has 12 heavy (non-hydrogen) atoms. The van der Waals surface area contributed by atoms with Crippen molar-refractivity contribution in [1.82, 2.24) is 4.90 Å². The second kappa shape index (κ2) is 4.17. The number of hydrogen-bond acceptors (Lipinski definition) is 2. The average molecular weight is 202 g/mol. The molecule has 1 aromatic carbocycles. The van der Waals surface area contributed by atoms with Crippen LogP contribution in [0.4, 0.5) is 0 Å². The Balaban J connectivity index is 2.82. The summed E-state index contributed by atoms with van der Waals surface area (Å²) in [5.41, 5.74) is 1.16. The first-order chi connectivity index (χ1) is 5.61. The van der Waals surface area contributed by atoms with Crippen LogP contribution in [0.25, 0.3) is 0 Å². The fourth-order valence-corrected chi connectivity index (χ4v) is 1.23. The molecular formula is C9H12ClNS. The van der Waals surface area contributed by atoms with Crippen LogP contribution < -0.4 is 0 Å². The molecule has 0 N–H and O–H groups in total. The van der Waals surface area contributed by atoms with Crippen LogP contribution in [0.5, 0.6) is 0 Å². The molecule has 0 saturated heterocycles. The Morgan fingerprint density at radius 2 is 1.75 bits per heavy atom. The van der Waals surface area contributed by atoms with Crippen molar-refractivity contribution in [2.75, 3.05) is 14.1 Å². The summed E-state index contributed by atoms with van der Waals surface area (Å²) >= 11 is 10.2. The van der Waals surface area contributed by atoms with Gasteiger partial charge in [-0.1, -0.05) is 23.7 Å². The molecular weight excluding hydrogens is 190 g/mol. The molecule has 0 bridgehead atoms. The van der Waals surface area contributed by atoms with Crippen LogP contribution >= 0.6 is 24.2 Å². The molecule has 0 aliphatic heterocycles. The van der Waals surface area contributed by atoms with Crippen LogP contribution in [0.1, 0.15) is 10.9 Å². The molecule has 1 rings (SSSR count). The maximum absolute atomic E-state index is 5.76. The summed E-state index contributed by atoms with van der Waals surface area (Å²) in [6.07, 6.45) is 0. The normalized spacial score (nSPS) is 13.4. The molecule has 0 radical (unpaired) electrons. The standard InChI is InChI=1S/C9H12ClNS/c1-11(2)9(12)7-3-5-8(10)6-4-7/h3-6,9,12H,1-2H3. The Kier molecular flexibility index (Phi) is 3.44. The second-order valence-electron chi connectivity index (χ2n) is 2.89. The van der Waals surface area contributed by atoms with E-state index in [1.54, 1.807) is 0 Å². The van der Waals surface area contributed by atoms with Gasteiger partial charge in [-0.25, -0.2) is 0 Å². The number of rotatable bonds is 2. The van der Waals surface area contributed by atoms with E-state index in [0.717, 1.165) is 10.6 Å². The summed E-state index contributed by atoms with van der Waals surface area (Å²) in [4.78, 5) is 2.03. The van der Waals surface area contributed by atoms with Gasteiger partial charge >= 0.3 is 0 Å². The van der Waals surface area contributed by atoms with Crippen molar-refractivity contribution in [3.63, 3.8) is 0 Å². The van der Waals surface area contributed by atoms with Crippen molar-refractivity contribution in [3.8, 4) is 0 Å². The van der Waals surface area contributed by atoms with Gasteiger partial charge in [0.05, 0.1) is 5.37 Å². The third kappa shape index (κ3) is 2.41. The van der Waals surface area contributed by atoms with Crippen molar-refractivity contribution < 1.29 is 0 Å². The number of nitrogens with zero attached hydrogens (tertiary/aromatic N) is 1. The quantitative estimate of drug-likeness (QED) is 0.569. The van der Waals surface area contributed by atoms with E-state index in [2.05, 4.69) is 12.6 Å². The van der Waals surface area contributed by atoms with E-state index in [1.807, 2.05) is 43.3 Å². The zero-order valence-corrected chi connectivity index (χ0v) is 8.81. The van der Waals surface area contributed by atoms with Gasteiger partial charge in [-0.2, -0.15) is 12.6 Å². The summed E-state index contributed by atoms with van der Waals surface area (Å²) in [5, 5.41) is 0.903. The third-order valence-electron chi connectivity index (χ3n) is 1.66. The largest absolute Gasteiger partial charge is 0.294 e. The van der Waals surface area contributed by atoms with E-state index < -0.39 is 0 Å². The van der Waals surface area contributed by atoms with Crippen molar-refractivity contribution in [1.29, 1.82) is 0 Å². The predicted octanol–water partition coefficient (Wildman–Crippen LogP) is 2.83. The third-order valence-corrected chi connectivity index (χ3v) is 2.67. The number of hydrogen-bond donors (Lipinski definition) is 1. The van der Waals surface area contributed by atoms with Gasteiger partial charge in [0.1, 0.15) is 0 Å². The van der Waals surface area contributed by atoms with E-state index in [4.69, 9.17) is 11.6 Å². The van der Waals surface area contributed by atoms with E-state index in [-0.39, 0.29) is 5.37 Å². The zero-order chi connectivity index (χ0) is 9.14. The van der Waals surface area contributed by atoms with Crippen LogP contribution in [0.2, 0.25) is 5.02 Å². The van der Waals surface area contributed by atoms with E-state index in [9.17, 15) is 0 Å². The number of thiol groups is 1. The van der Waals surface area contributed by atoms with Crippen molar-refractivity contribution >= 4 is 24.2 Å². The van der Waals surface area contributed by atoms with Crippen LogP contribution in [0, 0.1) is 0 Å². The lowest BCUT2D eigenvalue weighted by molar-refractivity contribution is 0.393. The minimum atomic E-state index is 0.141. The summed E-state index contributed by atoms with van der Waals surface area (Å²) in [7, 11) is 3.98. The molecule has 0 heterocycles. The summed E-state index contributed by atoms with van der Waals surface area (Å²) in [6, 6.07) is 7.73. The zero-order valence-electron chi connectivity index (χ0n) is 7.16. The first-order valence-corrected chi connectivity index (χ1v) is 4.60. The van der Waals surface area contributed by atoms with Crippen molar-refractivity contribution in [2.24, 2.45) is 0 Å². The average Bonchev–Trinajstić information content (AvgIpc) is 2.04. The van der Waals surface area contributed by atoms with Crippen LogP contribution in [0.15, 0.2) is 24.3 Å². The van der Waals surface area contributed by atoms with Gasteiger partial charge in [-0.3, -0.25) is 4.90 Å². The van der Waals surface area contributed by atoms with Gasteiger partial charge in [0.25, 0.3) is 0 Å². The molecule has 66 valence electrons. The highest BCUT2D eigenvalue weighted by Gasteiger charge is 2.07. The topological polar surface area (TPSA) is 3.24 Å². The van der Waals surface area contributed by atoms with E-state index in [1.165, 1.54) is 0 Å². The molecule has 0 aromatic heterocycles. The maximum Gasteiger partial charge on any atom is 0.0779 e. The van der Waals surface area contributed by atoms with Crippen molar-refractivity contribution in [3.05, 3.63) is 34.9 Å². The molecule has 1 aromatic rings. The Morgan fingerprint density at radius 3 is 2.17 bits per heavy atom. The minimum Gasteiger partial charge on any atom is -0.294 e. The Bertz CT molecular complexity index is 245. The number of benzene rings is 1. The van der Waals surface area contributed by atoms with Crippen LogP contribution in [-0.4, -0.2) is 19.0 Å². The molecule has 3 heteroatoms. The Labute approximate surface area is 83.7 Å². The highest BCUT2D eigenvalue weighted by molar-refractivity contribution is 7.80. The van der Waals surface area contributed by atoms with E-state index >= 15 is 0 Å². The fraction of sp³-hybridized carbons (Fsp3) is 0.333. The van der Waals surface area contributed by atoms with Crippen molar-refractivity contribution in [2.45, 2.75) is 5.37 Å². The lowest BCUT2D eigenvalue weighted by Gasteiger charge is -2.18. The molecule has 0 aliphatic carbocycles. The molecule has 0 spiro atoms. The molecule has 0 amide bonds. The van der Waals surface area contributed by atoms with Gasteiger partial charge in [-0.15, -0.1) is 0 Å². The molecule has 0 saturated carbocycles. The Morgan fingerprint density at radius 1 is 1.25 bits per heavy atom. The molecule has 1 atom stereocenters. The summed E-state index contributed by atoms with van der Waals surface area (Å²) < 4.78 is 0. The first kappa shape index (κ1) is 9.90. The highest BCUT2D eigenvalue weighted by atomic mass is 35.5. The summed E-state index contributed by atoms with van der Waals surface area (Å²) in [5.74, 6) is 0. The fourth-order valence-electron chi connectivity index (χ4n) is 0.933. The summed E-state index contributed by atoms with van der Waals surface area (Å²) in [6.45, 7) is 0. The van der Waals surface area contributed by atoms with Gasteiger partial charge in [0, 0.05) is 5.02 Å². The predicted molar refractivity (Wildman–Crippen MR) is 56.9 cm³/mol. The maximum atomic E-state index is 5.76. The monoisotopic (exact) mass is 201 g/mol. The molecule has 0 fully saturated rings. The van der Waals surface area contributed by atoms with Gasteiger partial charge in [0.2, 0.25) is 0 Å². The van der Waals surface area contributed by atoms with Gasteiger partial charge in [-0.05, 0) is 31.8 Å². The lowest BCUT2D eigenvalue weighted by Crippen LogP contribution is -2.14. The second-order valence-corrected chi connectivity index (χ2v) is 3.81. The smallest absolute Gasteiger partial charge is 0.0779 e. The molecule has 0 aliphatic rings. The van der Waals surface area contributed by atoms with E-state index in [0.29, 0.717) is 0 Å². The first-order valence-electron chi connectivity index (χ1n) is 3.71.